The van der Waals surface area contributed by atoms with E-state index in [0.717, 1.165) is 11.1 Å². The number of aromatic nitrogens is 3. The molecule has 9 heteroatoms. The number of nitrogen functional groups attached to an aromatic ring is 1. The average molecular weight is 374 g/mol. The summed E-state index contributed by atoms with van der Waals surface area (Å²) in [5.41, 5.74) is 5.11. The van der Waals surface area contributed by atoms with Crippen LogP contribution in [-0.2, 0) is 5.75 Å². The van der Waals surface area contributed by atoms with Crippen LogP contribution in [0.4, 0.5) is 14.7 Å². The third kappa shape index (κ3) is 4.37. The zero-order valence-electron chi connectivity index (χ0n) is 13.9. The van der Waals surface area contributed by atoms with Crippen molar-refractivity contribution in [2.75, 3.05) is 11.3 Å². The fourth-order valence-electron chi connectivity index (χ4n) is 2.07. The van der Waals surface area contributed by atoms with E-state index in [1.165, 1.54) is 40.7 Å². The molecule has 0 fully saturated rings. The van der Waals surface area contributed by atoms with Crippen molar-refractivity contribution < 1.29 is 8.78 Å². The Bertz CT molecular complexity index is 906. The average Bonchev–Trinajstić information content (AvgIpc) is 3.00. The zero-order valence-corrected chi connectivity index (χ0v) is 14.7. The number of halogens is 2. The van der Waals surface area contributed by atoms with Gasteiger partial charge < -0.3 is 5.84 Å². The van der Waals surface area contributed by atoms with Crippen molar-refractivity contribution in [2.45, 2.75) is 17.8 Å². The first-order chi connectivity index (χ1) is 12.5. The standard InChI is InChI=1S/C17H16F2N6S/c1-11(13-4-8-15(19)9-5-13)21-22-16-23-24-17(25(16)20)26-10-12-2-6-14(18)7-3-12/h2-9H,10,20H2,1H3,(H,22,23)/b21-11+. The highest BCUT2D eigenvalue weighted by molar-refractivity contribution is 7.98. The van der Waals surface area contributed by atoms with Crippen molar-refractivity contribution in [2.24, 2.45) is 5.10 Å². The van der Waals surface area contributed by atoms with Gasteiger partial charge >= 0.3 is 0 Å². The molecular weight excluding hydrogens is 358 g/mol. The summed E-state index contributed by atoms with van der Waals surface area (Å²) in [6.07, 6.45) is 0. The number of anilines is 1. The summed E-state index contributed by atoms with van der Waals surface area (Å²) in [5, 5.41) is 12.6. The van der Waals surface area contributed by atoms with Crippen LogP contribution < -0.4 is 11.3 Å². The summed E-state index contributed by atoms with van der Waals surface area (Å²) in [4.78, 5) is 0. The maximum Gasteiger partial charge on any atom is 0.264 e. The summed E-state index contributed by atoms with van der Waals surface area (Å²) in [6.45, 7) is 1.78. The van der Waals surface area contributed by atoms with Gasteiger partial charge in [0.25, 0.3) is 5.95 Å². The van der Waals surface area contributed by atoms with E-state index in [-0.39, 0.29) is 17.6 Å². The minimum absolute atomic E-state index is 0.271. The smallest absolute Gasteiger partial charge is 0.264 e. The lowest BCUT2D eigenvalue weighted by Crippen LogP contribution is -2.13. The topological polar surface area (TPSA) is 81.1 Å². The van der Waals surface area contributed by atoms with Crippen molar-refractivity contribution in [1.29, 1.82) is 0 Å². The van der Waals surface area contributed by atoms with Crippen LogP contribution in [0.2, 0.25) is 0 Å². The molecule has 0 amide bonds. The summed E-state index contributed by atoms with van der Waals surface area (Å²) >= 11 is 1.37. The van der Waals surface area contributed by atoms with Gasteiger partial charge in [0.05, 0.1) is 5.71 Å². The molecule has 3 N–H and O–H groups in total. The monoisotopic (exact) mass is 374 g/mol. The minimum Gasteiger partial charge on any atom is -0.334 e. The van der Waals surface area contributed by atoms with Gasteiger partial charge in [-0.25, -0.2) is 18.9 Å². The predicted octanol–water partition coefficient (Wildman–Crippen LogP) is 3.40. The number of nitrogens with zero attached hydrogens (tertiary/aromatic N) is 4. The van der Waals surface area contributed by atoms with E-state index in [0.29, 0.717) is 16.6 Å². The highest BCUT2D eigenvalue weighted by atomic mass is 32.2. The van der Waals surface area contributed by atoms with Crippen LogP contribution in [0.1, 0.15) is 18.1 Å². The summed E-state index contributed by atoms with van der Waals surface area (Å²) in [5.74, 6) is 6.23. The lowest BCUT2D eigenvalue weighted by molar-refractivity contribution is 0.627. The lowest BCUT2D eigenvalue weighted by atomic mass is 10.1. The van der Waals surface area contributed by atoms with Crippen LogP contribution >= 0.6 is 11.8 Å². The molecule has 3 aromatic rings. The Kier molecular flexibility index (Phi) is 5.47. The highest BCUT2D eigenvalue weighted by Gasteiger charge is 2.10. The van der Waals surface area contributed by atoms with Crippen molar-refractivity contribution in [3.8, 4) is 0 Å². The van der Waals surface area contributed by atoms with Gasteiger partial charge in [0.1, 0.15) is 11.6 Å². The molecule has 0 radical (unpaired) electrons. The van der Waals surface area contributed by atoms with E-state index in [1.807, 2.05) is 0 Å². The number of nitrogens with one attached hydrogen (secondary N) is 1. The molecule has 1 aromatic heterocycles. The van der Waals surface area contributed by atoms with Crippen molar-refractivity contribution in [1.82, 2.24) is 14.9 Å². The molecule has 1 heterocycles. The second-order valence-corrected chi connectivity index (χ2v) is 6.35. The summed E-state index contributed by atoms with van der Waals surface area (Å²) < 4.78 is 27.2. The van der Waals surface area contributed by atoms with E-state index in [4.69, 9.17) is 5.84 Å². The molecule has 0 bridgehead atoms. The van der Waals surface area contributed by atoms with Gasteiger partial charge in [0.2, 0.25) is 5.16 Å². The maximum atomic E-state index is 13.0. The predicted molar refractivity (Wildman–Crippen MR) is 98.4 cm³/mol. The molecule has 6 nitrogen and oxygen atoms in total. The van der Waals surface area contributed by atoms with Gasteiger partial charge in [0, 0.05) is 5.75 Å². The van der Waals surface area contributed by atoms with Crippen LogP contribution in [0.5, 0.6) is 0 Å². The molecule has 134 valence electrons. The van der Waals surface area contributed by atoms with E-state index in [9.17, 15) is 8.78 Å². The van der Waals surface area contributed by atoms with Gasteiger partial charge in [-0.3, -0.25) is 0 Å². The Morgan fingerprint density at radius 2 is 1.69 bits per heavy atom. The first-order valence-corrected chi connectivity index (χ1v) is 8.65. The Morgan fingerprint density at radius 3 is 2.35 bits per heavy atom. The SMILES string of the molecule is C/C(=N\Nc1nnc(SCc2ccc(F)cc2)n1N)c1ccc(F)cc1. The largest absolute Gasteiger partial charge is 0.334 e. The van der Waals surface area contributed by atoms with Crippen LogP contribution in [0, 0.1) is 11.6 Å². The summed E-state index contributed by atoms with van der Waals surface area (Å²) in [6, 6.07) is 12.2. The number of rotatable bonds is 6. The normalized spacial score (nSPS) is 11.6. The second-order valence-electron chi connectivity index (χ2n) is 5.41. The number of hydrogen-bond acceptors (Lipinski definition) is 6. The molecule has 2 aromatic carbocycles. The van der Waals surface area contributed by atoms with Crippen LogP contribution in [0.3, 0.4) is 0 Å². The van der Waals surface area contributed by atoms with Crippen LogP contribution in [-0.4, -0.2) is 20.6 Å². The molecular formula is C17H16F2N6S. The van der Waals surface area contributed by atoms with E-state index < -0.39 is 0 Å². The first kappa shape index (κ1) is 17.9. The molecule has 0 unspecified atom stereocenters. The molecule has 3 rings (SSSR count). The number of thioether (sulfide) groups is 1. The van der Waals surface area contributed by atoms with E-state index >= 15 is 0 Å². The highest BCUT2D eigenvalue weighted by Crippen LogP contribution is 2.21. The van der Waals surface area contributed by atoms with Crippen LogP contribution in [0.15, 0.2) is 58.8 Å². The lowest BCUT2D eigenvalue weighted by Gasteiger charge is -2.04. The van der Waals surface area contributed by atoms with Crippen molar-refractivity contribution >= 4 is 23.4 Å². The van der Waals surface area contributed by atoms with Crippen LogP contribution in [0.25, 0.3) is 0 Å². The molecule has 0 saturated heterocycles. The number of hydrogen-bond donors (Lipinski definition) is 2. The van der Waals surface area contributed by atoms with Crippen molar-refractivity contribution in [3.05, 3.63) is 71.3 Å². The zero-order chi connectivity index (χ0) is 18.5. The Hall–Kier alpha value is -2.94. The van der Waals surface area contributed by atoms with Gasteiger partial charge in [0.15, 0.2) is 0 Å². The number of nitrogens with two attached hydrogens (primary N) is 1. The fourth-order valence-corrected chi connectivity index (χ4v) is 2.88. The van der Waals surface area contributed by atoms with Gasteiger partial charge in [-0.15, -0.1) is 10.2 Å². The van der Waals surface area contributed by atoms with Gasteiger partial charge in [-0.1, -0.05) is 36.0 Å². The second kappa shape index (κ2) is 7.96. The number of hydrazone groups is 1. The molecule has 0 spiro atoms. The fraction of sp³-hybridized carbons (Fsp3) is 0.118. The quantitative estimate of drug-likeness (QED) is 0.299. The molecule has 0 saturated carbocycles. The van der Waals surface area contributed by atoms with Gasteiger partial charge in [-0.2, -0.15) is 5.10 Å². The molecule has 0 aliphatic carbocycles. The third-order valence-electron chi connectivity index (χ3n) is 3.53. The minimum atomic E-state index is -0.306. The third-order valence-corrected chi connectivity index (χ3v) is 4.55. The first-order valence-electron chi connectivity index (χ1n) is 7.67. The Balaban J connectivity index is 1.63. The molecule has 0 aliphatic rings. The number of benzene rings is 2. The summed E-state index contributed by atoms with van der Waals surface area (Å²) in [7, 11) is 0. The Morgan fingerprint density at radius 1 is 1.08 bits per heavy atom. The van der Waals surface area contributed by atoms with E-state index in [1.54, 1.807) is 31.2 Å². The van der Waals surface area contributed by atoms with E-state index in [2.05, 4.69) is 20.7 Å². The van der Waals surface area contributed by atoms with Gasteiger partial charge in [-0.05, 0) is 42.3 Å². The maximum absolute atomic E-state index is 13.0. The molecule has 0 atom stereocenters. The Labute approximate surface area is 153 Å². The molecule has 26 heavy (non-hydrogen) atoms. The van der Waals surface area contributed by atoms with Crippen molar-refractivity contribution in [3.63, 3.8) is 0 Å². The molecule has 0 aliphatic heterocycles.